The van der Waals surface area contributed by atoms with Gasteiger partial charge < -0.3 is 14.6 Å². The fraction of sp³-hybridized carbons (Fsp3) is 0.882. The standard InChI is InChI=1S/C51H96O5/c1-3-5-7-9-11-13-15-17-18-19-20-21-22-23-24-25-26-27-28-29-30-31-32-34-36-38-40-42-44-46-51(54)56-49(47-52)48-55-50(53)45-43-41-39-37-35-33-16-14-12-10-8-6-4-2/h14,16,19-20,49,52H,3-13,15,17-18,21-48H2,1-2H3/b16-14-,20-19-. The van der Waals surface area contributed by atoms with Crippen LogP contribution in [0.15, 0.2) is 24.3 Å². The van der Waals surface area contributed by atoms with Crippen LogP contribution in [0, 0.1) is 0 Å². The summed E-state index contributed by atoms with van der Waals surface area (Å²) in [7, 11) is 0. The van der Waals surface area contributed by atoms with Gasteiger partial charge in [0, 0.05) is 12.8 Å². The summed E-state index contributed by atoms with van der Waals surface area (Å²) in [5, 5.41) is 9.59. The van der Waals surface area contributed by atoms with E-state index in [0.29, 0.717) is 12.8 Å². The Labute approximate surface area is 349 Å². The summed E-state index contributed by atoms with van der Waals surface area (Å²) in [5.41, 5.74) is 0. The molecule has 1 N–H and O–H groups in total. The molecule has 0 amide bonds. The zero-order valence-corrected chi connectivity index (χ0v) is 37.7. The number of carbonyl (C=O) groups is 2. The molecule has 0 saturated carbocycles. The Kier molecular flexibility index (Phi) is 46.4. The van der Waals surface area contributed by atoms with Crippen LogP contribution in [-0.2, 0) is 19.1 Å². The highest BCUT2D eigenvalue weighted by Gasteiger charge is 2.16. The van der Waals surface area contributed by atoms with Gasteiger partial charge in [-0.15, -0.1) is 0 Å². The number of esters is 2. The lowest BCUT2D eigenvalue weighted by Gasteiger charge is -2.15. The first-order valence-corrected chi connectivity index (χ1v) is 24.9. The van der Waals surface area contributed by atoms with E-state index < -0.39 is 6.10 Å². The van der Waals surface area contributed by atoms with E-state index in [0.717, 1.165) is 44.9 Å². The maximum Gasteiger partial charge on any atom is 0.306 e. The Morgan fingerprint density at radius 3 is 0.982 bits per heavy atom. The molecule has 0 aromatic heterocycles. The second-order valence-corrected chi connectivity index (χ2v) is 16.9. The van der Waals surface area contributed by atoms with Crippen LogP contribution in [0.1, 0.15) is 271 Å². The van der Waals surface area contributed by atoms with Gasteiger partial charge in [0.2, 0.25) is 0 Å². The van der Waals surface area contributed by atoms with Crippen LogP contribution in [-0.4, -0.2) is 36.4 Å². The van der Waals surface area contributed by atoms with Crippen LogP contribution in [0.4, 0.5) is 0 Å². The number of aliphatic hydroxyl groups is 1. The fourth-order valence-electron chi connectivity index (χ4n) is 7.43. The SMILES string of the molecule is CCCCCC/C=C\CCCCCCCC(=O)OCC(CO)OC(=O)CCCCCCCCCCCCCCCCCCC/C=C\CCCCCCCCCC. The molecule has 330 valence electrons. The Morgan fingerprint density at radius 2 is 0.661 bits per heavy atom. The third-order valence-corrected chi connectivity index (χ3v) is 11.2. The van der Waals surface area contributed by atoms with E-state index in [4.69, 9.17) is 9.47 Å². The number of ether oxygens (including phenoxy) is 2. The molecule has 0 aliphatic rings. The second-order valence-electron chi connectivity index (χ2n) is 16.9. The smallest absolute Gasteiger partial charge is 0.306 e. The van der Waals surface area contributed by atoms with E-state index in [1.54, 1.807) is 0 Å². The first-order chi connectivity index (χ1) is 27.6. The van der Waals surface area contributed by atoms with Crippen molar-refractivity contribution in [1.82, 2.24) is 0 Å². The third kappa shape index (κ3) is 45.1. The molecule has 0 aliphatic carbocycles. The van der Waals surface area contributed by atoms with Crippen molar-refractivity contribution < 1.29 is 24.2 Å². The summed E-state index contributed by atoms with van der Waals surface area (Å²) in [4.78, 5) is 24.3. The normalized spacial score (nSPS) is 12.3. The minimum Gasteiger partial charge on any atom is -0.462 e. The van der Waals surface area contributed by atoms with Gasteiger partial charge in [0.15, 0.2) is 6.10 Å². The number of hydrogen-bond acceptors (Lipinski definition) is 5. The Hall–Kier alpha value is -1.62. The predicted octanol–water partition coefficient (Wildman–Crippen LogP) is 16.2. The minimum atomic E-state index is -0.771. The van der Waals surface area contributed by atoms with E-state index in [2.05, 4.69) is 38.2 Å². The largest absolute Gasteiger partial charge is 0.462 e. The average molecular weight is 789 g/mol. The molecule has 56 heavy (non-hydrogen) atoms. The molecule has 5 heteroatoms. The molecule has 1 unspecified atom stereocenters. The first kappa shape index (κ1) is 54.4. The minimum absolute atomic E-state index is 0.0657. The second kappa shape index (κ2) is 47.8. The number of aliphatic hydroxyl groups excluding tert-OH is 1. The van der Waals surface area contributed by atoms with Crippen LogP contribution in [0.3, 0.4) is 0 Å². The molecule has 0 bridgehead atoms. The molecule has 0 aliphatic heterocycles. The Bertz CT molecular complexity index is 851. The summed E-state index contributed by atoms with van der Waals surface area (Å²) < 4.78 is 10.6. The van der Waals surface area contributed by atoms with E-state index in [-0.39, 0.29) is 25.2 Å². The van der Waals surface area contributed by atoms with E-state index in [1.165, 1.54) is 199 Å². The van der Waals surface area contributed by atoms with Crippen LogP contribution >= 0.6 is 0 Å². The number of hydrogen-bond donors (Lipinski definition) is 1. The van der Waals surface area contributed by atoms with Gasteiger partial charge in [-0.25, -0.2) is 0 Å². The topological polar surface area (TPSA) is 72.8 Å². The van der Waals surface area contributed by atoms with Gasteiger partial charge in [0.1, 0.15) is 6.61 Å². The fourth-order valence-corrected chi connectivity index (χ4v) is 7.43. The first-order valence-electron chi connectivity index (χ1n) is 24.9. The van der Waals surface area contributed by atoms with Gasteiger partial charge in [-0.2, -0.15) is 0 Å². The lowest BCUT2D eigenvalue weighted by Crippen LogP contribution is -2.28. The number of carbonyl (C=O) groups excluding carboxylic acids is 2. The molecule has 0 rings (SSSR count). The molecule has 0 radical (unpaired) electrons. The van der Waals surface area contributed by atoms with E-state index in [9.17, 15) is 14.7 Å². The van der Waals surface area contributed by atoms with Crippen molar-refractivity contribution in [2.75, 3.05) is 13.2 Å². The maximum atomic E-state index is 12.2. The summed E-state index contributed by atoms with van der Waals surface area (Å²) in [5.74, 6) is -0.589. The van der Waals surface area contributed by atoms with Crippen molar-refractivity contribution in [1.29, 1.82) is 0 Å². The molecule has 0 aromatic rings. The monoisotopic (exact) mass is 789 g/mol. The Morgan fingerprint density at radius 1 is 0.393 bits per heavy atom. The molecule has 0 fully saturated rings. The number of allylic oxidation sites excluding steroid dienone is 4. The van der Waals surface area contributed by atoms with E-state index in [1.807, 2.05) is 0 Å². The highest BCUT2D eigenvalue weighted by atomic mass is 16.6. The Balaban J connectivity index is 3.42. The number of rotatable bonds is 46. The summed E-state index contributed by atoms with van der Waals surface area (Å²) >= 11 is 0. The van der Waals surface area contributed by atoms with Crippen LogP contribution in [0.5, 0.6) is 0 Å². The zero-order valence-electron chi connectivity index (χ0n) is 37.7. The number of unbranched alkanes of at least 4 members (excludes halogenated alkanes) is 34. The molecular weight excluding hydrogens is 693 g/mol. The van der Waals surface area contributed by atoms with Gasteiger partial charge in [0.25, 0.3) is 0 Å². The lowest BCUT2D eigenvalue weighted by molar-refractivity contribution is -0.161. The van der Waals surface area contributed by atoms with Gasteiger partial charge in [0.05, 0.1) is 6.61 Å². The van der Waals surface area contributed by atoms with Gasteiger partial charge >= 0.3 is 11.9 Å². The maximum absolute atomic E-state index is 12.2. The van der Waals surface area contributed by atoms with Crippen molar-refractivity contribution in [3.8, 4) is 0 Å². The predicted molar refractivity (Wildman–Crippen MR) is 242 cm³/mol. The highest BCUT2D eigenvalue weighted by Crippen LogP contribution is 2.16. The third-order valence-electron chi connectivity index (χ3n) is 11.2. The molecule has 1 atom stereocenters. The molecule has 0 heterocycles. The highest BCUT2D eigenvalue weighted by molar-refractivity contribution is 5.70. The zero-order chi connectivity index (χ0) is 40.7. The van der Waals surface area contributed by atoms with Crippen molar-refractivity contribution in [2.45, 2.75) is 277 Å². The van der Waals surface area contributed by atoms with Crippen molar-refractivity contribution in [3.05, 3.63) is 24.3 Å². The van der Waals surface area contributed by atoms with Gasteiger partial charge in [-0.05, 0) is 64.2 Å². The van der Waals surface area contributed by atoms with E-state index >= 15 is 0 Å². The summed E-state index contributed by atoms with van der Waals surface area (Å²) in [6.07, 6.45) is 58.5. The van der Waals surface area contributed by atoms with Gasteiger partial charge in [-0.3, -0.25) is 9.59 Å². The molecular formula is C51H96O5. The van der Waals surface area contributed by atoms with Crippen LogP contribution in [0.2, 0.25) is 0 Å². The molecule has 0 aromatic carbocycles. The van der Waals surface area contributed by atoms with Gasteiger partial charge in [-0.1, -0.05) is 218 Å². The molecule has 0 spiro atoms. The van der Waals surface area contributed by atoms with Crippen molar-refractivity contribution in [2.24, 2.45) is 0 Å². The molecule has 5 nitrogen and oxygen atoms in total. The van der Waals surface area contributed by atoms with Crippen molar-refractivity contribution >= 4 is 11.9 Å². The average Bonchev–Trinajstić information content (AvgIpc) is 3.20. The van der Waals surface area contributed by atoms with Crippen LogP contribution < -0.4 is 0 Å². The van der Waals surface area contributed by atoms with Crippen LogP contribution in [0.25, 0.3) is 0 Å². The molecule has 0 saturated heterocycles. The summed E-state index contributed by atoms with van der Waals surface area (Å²) in [6, 6.07) is 0. The summed E-state index contributed by atoms with van der Waals surface area (Å²) in [6.45, 7) is 4.14. The van der Waals surface area contributed by atoms with Crippen molar-refractivity contribution in [3.63, 3.8) is 0 Å². The quantitative estimate of drug-likeness (QED) is 0.0378. The lowest BCUT2D eigenvalue weighted by atomic mass is 10.0.